The van der Waals surface area contributed by atoms with E-state index in [2.05, 4.69) is 37.9 Å². The second-order valence-corrected chi connectivity index (χ2v) is 6.58. The van der Waals surface area contributed by atoms with Gasteiger partial charge in [-0.1, -0.05) is 12.2 Å². The van der Waals surface area contributed by atoms with Crippen LogP contribution in [0.5, 0.6) is 0 Å². The van der Waals surface area contributed by atoms with Crippen LogP contribution in [0.15, 0.2) is 22.7 Å². The molecule has 1 aliphatic carbocycles. The minimum atomic E-state index is 0.442. The number of nitrogens with zero attached hydrogens (tertiary/aromatic N) is 2. The van der Waals surface area contributed by atoms with Gasteiger partial charge in [0.1, 0.15) is 4.99 Å². The normalized spacial score (nSPS) is 20.6. The van der Waals surface area contributed by atoms with Crippen LogP contribution in [0.25, 0.3) is 0 Å². The molecule has 0 aromatic heterocycles. The molecule has 0 radical (unpaired) electrons. The molecular formula is C14H18BrN3S. The van der Waals surface area contributed by atoms with Gasteiger partial charge in [0.15, 0.2) is 0 Å². The van der Waals surface area contributed by atoms with E-state index in [9.17, 15) is 0 Å². The summed E-state index contributed by atoms with van der Waals surface area (Å²) in [5.41, 5.74) is 7.85. The lowest BCUT2D eigenvalue weighted by Gasteiger charge is -2.36. The molecule has 1 saturated heterocycles. The Balaban J connectivity index is 1.69. The number of thiocarbonyl (C=S) groups is 1. The molecule has 0 amide bonds. The van der Waals surface area contributed by atoms with Crippen molar-refractivity contribution in [1.82, 2.24) is 4.90 Å². The topological polar surface area (TPSA) is 32.5 Å². The number of piperazine rings is 1. The van der Waals surface area contributed by atoms with Crippen molar-refractivity contribution in [3.05, 3.63) is 28.2 Å². The molecule has 1 heterocycles. The summed E-state index contributed by atoms with van der Waals surface area (Å²) >= 11 is 8.58. The Kier molecular flexibility index (Phi) is 3.78. The third kappa shape index (κ3) is 2.93. The fourth-order valence-electron chi connectivity index (χ4n) is 2.69. The molecule has 3 rings (SSSR count). The first-order valence-electron chi connectivity index (χ1n) is 6.73. The zero-order valence-corrected chi connectivity index (χ0v) is 13.2. The zero-order chi connectivity index (χ0) is 13.4. The fraction of sp³-hybridized carbons (Fsp3) is 0.500. The van der Waals surface area contributed by atoms with Crippen LogP contribution in [0.1, 0.15) is 18.4 Å². The first kappa shape index (κ1) is 13.3. The number of benzene rings is 1. The zero-order valence-electron chi connectivity index (χ0n) is 10.8. The Bertz CT molecular complexity index is 493. The lowest BCUT2D eigenvalue weighted by Crippen LogP contribution is -2.47. The molecule has 3 nitrogen and oxygen atoms in total. The summed E-state index contributed by atoms with van der Waals surface area (Å²) in [6.07, 6.45) is 2.79. The van der Waals surface area contributed by atoms with E-state index in [0.717, 1.165) is 29.2 Å². The lowest BCUT2D eigenvalue weighted by atomic mass is 10.2. The second kappa shape index (κ2) is 5.38. The molecule has 2 aliphatic rings. The van der Waals surface area contributed by atoms with Gasteiger partial charge in [0, 0.05) is 47.9 Å². The van der Waals surface area contributed by atoms with Gasteiger partial charge in [-0.3, -0.25) is 4.90 Å². The minimum absolute atomic E-state index is 0.442. The van der Waals surface area contributed by atoms with Gasteiger partial charge in [0.2, 0.25) is 0 Å². The third-order valence-electron chi connectivity index (χ3n) is 3.96. The number of anilines is 1. The smallest absolute Gasteiger partial charge is 0.105 e. The summed E-state index contributed by atoms with van der Waals surface area (Å²) in [5.74, 6) is 0. The molecule has 5 heteroatoms. The van der Waals surface area contributed by atoms with Crippen molar-refractivity contribution >= 4 is 38.8 Å². The summed E-state index contributed by atoms with van der Waals surface area (Å²) in [4.78, 5) is 5.50. The lowest BCUT2D eigenvalue weighted by molar-refractivity contribution is 0.248. The average Bonchev–Trinajstić information content (AvgIpc) is 3.22. The van der Waals surface area contributed by atoms with Crippen LogP contribution < -0.4 is 10.6 Å². The molecule has 1 aliphatic heterocycles. The van der Waals surface area contributed by atoms with E-state index in [0.29, 0.717) is 4.99 Å². The second-order valence-electron chi connectivity index (χ2n) is 5.28. The van der Waals surface area contributed by atoms with E-state index in [4.69, 9.17) is 18.0 Å². The molecule has 0 atom stereocenters. The molecular weight excluding hydrogens is 322 g/mol. The molecule has 1 aromatic carbocycles. The maximum atomic E-state index is 5.68. The van der Waals surface area contributed by atoms with Gasteiger partial charge in [-0.15, -0.1) is 0 Å². The quantitative estimate of drug-likeness (QED) is 0.857. The van der Waals surface area contributed by atoms with Crippen LogP contribution in [-0.4, -0.2) is 42.1 Å². The highest BCUT2D eigenvalue weighted by atomic mass is 79.9. The Morgan fingerprint density at radius 2 is 1.89 bits per heavy atom. The summed E-state index contributed by atoms with van der Waals surface area (Å²) in [5, 5.41) is 0. The van der Waals surface area contributed by atoms with Crippen molar-refractivity contribution in [2.75, 3.05) is 31.1 Å². The van der Waals surface area contributed by atoms with Gasteiger partial charge >= 0.3 is 0 Å². The summed E-state index contributed by atoms with van der Waals surface area (Å²) in [6.45, 7) is 4.57. The summed E-state index contributed by atoms with van der Waals surface area (Å²) in [6, 6.07) is 7.13. The number of hydrogen-bond acceptors (Lipinski definition) is 3. The van der Waals surface area contributed by atoms with E-state index in [1.807, 2.05) is 6.07 Å². The maximum absolute atomic E-state index is 5.68. The fourth-order valence-corrected chi connectivity index (χ4v) is 3.58. The largest absolute Gasteiger partial charge is 0.389 e. The van der Waals surface area contributed by atoms with Crippen LogP contribution in [0.2, 0.25) is 0 Å². The van der Waals surface area contributed by atoms with Crippen molar-refractivity contribution in [1.29, 1.82) is 0 Å². The Labute approximate surface area is 127 Å². The van der Waals surface area contributed by atoms with Crippen LogP contribution in [0.3, 0.4) is 0 Å². The van der Waals surface area contributed by atoms with E-state index in [1.54, 1.807) is 0 Å². The summed E-state index contributed by atoms with van der Waals surface area (Å²) in [7, 11) is 0. The van der Waals surface area contributed by atoms with Gasteiger partial charge in [-0.2, -0.15) is 0 Å². The van der Waals surface area contributed by atoms with E-state index in [-0.39, 0.29) is 0 Å². The molecule has 102 valence electrons. The predicted molar refractivity (Wildman–Crippen MR) is 86.8 cm³/mol. The maximum Gasteiger partial charge on any atom is 0.105 e. The van der Waals surface area contributed by atoms with Gasteiger partial charge < -0.3 is 10.6 Å². The SMILES string of the molecule is NC(=S)c1ccc(N2CCN(C3CC3)CC2)cc1Br. The number of halogens is 1. The van der Waals surface area contributed by atoms with Gasteiger partial charge in [-0.25, -0.2) is 0 Å². The van der Waals surface area contributed by atoms with Crippen molar-refractivity contribution in [3.63, 3.8) is 0 Å². The van der Waals surface area contributed by atoms with Crippen molar-refractivity contribution < 1.29 is 0 Å². The summed E-state index contributed by atoms with van der Waals surface area (Å²) < 4.78 is 0.988. The molecule has 1 saturated carbocycles. The van der Waals surface area contributed by atoms with Gasteiger partial charge in [0.25, 0.3) is 0 Å². The van der Waals surface area contributed by atoms with Crippen LogP contribution in [0.4, 0.5) is 5.69 Å². The molecule has 2 fully saturated rings. The Morgan fingerprint density at radius 1 is 1.21 bits per heavy atom. The molecule has 2 N–H and O–H groups in total. The van der Waals surface area contributed by atoms with E-state index >= 15 is 0 Å². The highest BCUT2D eigenvalue weighted by Gasteiger charge is 2.31. The number of hydrogen-bond donors (Lipinski definition) is 1. The average molecular weight is 340 g/mol. The van der Waals surface area contributed by atoms with Gasteiger partial charge in [-0.05, 0) is 47.0 Å². The van der Waals surface area contributed by atoms with Crippen molar-refractivity contribution in [2.24, 2.45) is 5.73 Å². The first-order valence-corrected chi connectivity index (χ1v) is 7.93. The van der Waals surface area contributed by atoms with E-state index in [1.165, 1.54) is 31.6 Å². The van der Waals surface area contributed by atoms with Crippen molar-refractivity contribution in [3.8, 4) is 0 Å². The first-order chi connectivity index (χ1) is 9.15. The van der Waals surface area contributed by atoms with Crippen LogP contribution >= 0.6 is 28.1 Å². The molecule has 1 aromatic rings. The molecule has 0 spiro atoms. The predicted octanol–water partition coefficient (Wildman–Crippen LogP) is 2.37. The van der Waals surface area contributed by atoms with Crippen LogP contribution in [-0.2, 0) is 0 Å². The van der Waals surface area contributed by atoms with Crippen LogP contribution in [0, 0.1) is 0 Å². The highest BCUT2D eigenvalue weighted by Crippen LogP contribution is 2.29. The standard InChI is InChI=1S/C14H18BrN3S/c15-13-9-11(3-4-12(13)14(16)19)18-7-5-17(6-8-18)10-1-2-10/h3-4,9-10H,1-2,5-8H2,(H2,16,19). The Hall–Kier alpha value is -0.650. The number of rotatable bonds is 3. The third-order valence-corrected chi connectivity index (χ3v) is 4.84. The minimum Gasteiger partial charge on any atom is -0.389 e. The Morgan fingerprint density at radius 3 is 2.42 bits per heavy atom. The highest BCUT2D eigenvalue weighted by molar-refractivity contribution is 9.10. The molecule has 19 heavy (non-hydrogen) atoms. The number of nitrogens with two attached hydrogens (primary N) is 1. The monoisotopic (exact) mass is 339 g/mol. The van der Waals surface area contributed by atoms with Crippen molar-refractivity contribution in [2.45, 2.75) is 18.9 Å². The van der Waals surface area contributed by atoms with Gasteiger partial charge in [0.05, 0.1) is 0 Å². The molecule has 0 unspecified atom stereocenters. The van der Waals surface area contributed by atoms with E-state index < -0.39 is 0 Å². The molecule has 0 bridgehead atoms.